The smallest absolute Gasteiger partial charge is 0.173 e. The van der Waals surface area contributed by atoms with Gasteiger partial charge in [0.25, 0.3) is 0 Å². The average molecular weight is 380 g/mol. The first-order valence-corrected chi connectivity index (χ1v) is 7.05. The molecule has 0 fully saturated rings. The molecule has 0 bridgehead atoms. The molecule has 0 spiro atoms. The van der Waals surface area contributed by atoms with E-state index in [-0.39, 0.29) is 22.2 Å². The van der Waals surface area contributed by atoms with Crippen LogP contribution in [-0.4, -0.2) is 5.78 Å². The van der Waals surface area contributed by atoms with Gasteiger partial charge in [-0.05, 0) is 45.8 Å². The first kappa shape index (κ1) is 15.4. The van der Waals surface area contributed by atoms with Crippen molar-refractivity contribution >= 4 is 44.9 Å². The fourth-order valence-electron chi connectivity index (χ4n) is 1.67. The minimum atomic E-state index is -1.08. The van der Waals surface area contributed by atoms with Crippen molar-refractivity contribution in [2.45, 2.75) is 6.42 Å². The molecule has 2 aromatic carbocycles. The Morgan fingerprint density at radius 2 is 1.80 bits per heavy atom. The summed E-state index contributed by atoms with van der Waals surface area (Å²) in [4.78, 5) is 12.1. The van der Waals surface area contributed by atoms with Gasteiger partial charge in [0.1, 0.15) is 0 Å². The van der Waals surface area contributed by atoms with Crippen LogP contribution < -0.4 is 0 Å². The monoisotopic (exact) mass is 378 g/mol. The molecule has 0 aromatic heterocycles. The van der Waals surface area contributed by atoms with Gasteiger partial charge in [0.05, 0.1) is 14.5 Å². The molecule has 2 aromatic rings. The second-order valence-corrected chi connectivity index (χ2v) is 5.68. The van der Waals surface area contributed by atoms with Crippen LogP contribution in [0.15, 0.2) is 34.8 Å². The maximum Gasteiger partial charge on any atom is 0.173 e. The van der Waals surface area contributed by atoms with Gasteiger partial charge in [-0.25, -0.2) is 8.78 Å². The lowest BCUT2D eigenvalue weighted by Gasteiger charge is -2.06. The van der Waals surface area contributed by atoms with Gasteiger partial charge in [0, 0.05) is 12.0 Å². The molecule has 0 N–H and O–H groups in total. The van der Waals surface area contributed by atoms with E-state index >= 15 is 0 Å². The van der Waals surface area contributed by atoms with Crippen LogP contribution >= 0.6 is 39.1 Å². The lowest BCUT2D eigenvalue weighted by Crippen LogP contribution is -2.06. The molecule has 6 heteroatoms. The molecule has 0 aliphatic rings. The second kappa shape index (κ2) is 6.20. The predicted molar refractivity (Wildman–Crippen MR) is 78.6 cm³/mol. The number of carbonyl (C=O) groups excluding carboxylic acids is 1. The minimum Gasteiger partial charge on any atom is -0.294 e. The standard InChI is InChI=1S/C14H7BrCl2F2O/c15-13-8(2-4-11(18)14(13)19)12(20)6-7-1-3-9(16)10(17)5-7/h1-5H,6H2. The zero-order valence-electron chi connectivity index (χ0n) is 9.89. The largest absolute Gasteiger partial charge is 0.294 e. The van der Waals surface area contributed by atoms with Crippen LogP contribution in [0.5, 0.6) is 0 Å². The molecule has 0 aliphatic carbocycles. The number of benzene rings is 2. The Morgan fingerprint density at radius 3 is 2.45 bits per heavy atom. The van der Waals surface area contributed by atoms with Crippen molar-refractivity contribution in [3.63, 3.8) is 0 Å². The fraction of sp³-hybridized carbons (Fsp3) is 0.0714. The summed E-state index contributed by atoms with van der Waals surface area (Å²) in [5.41, 5.74) is 0.719. The van der Waals surface area contributed by atoms with E-state index in [0.29, 0.717) is 15.6 Å². The molecule has 0 atom stereocenters. The average Bonchev–Trinajstić information content (AvgIpc) is 2.40. The van der Waals surface area contributed by atoms with E-state index in [1.165, 1.54) is 6.07 Å². The van der Waals surface area contributed by atoms with Gasteiger partial charge in [-0.2, -0.15) is 0 Å². The van der Waals surface area contributed by atoms with Crippen molar-refractivity contribution in [1.82, 2.24) is 0 Å². The molecule has 0 aliphatic heterocycles. The summed E-state index contributed by atoms with van der Waals surface area (Å²) < 4.78 is 26.2. The molecule has 2 rings (SSSR count). The lowest BCUT2D eigenvalue weighted by atomic mass is 10.0. The van der Waals surface area contributed by atoms with Gasteiger partial charge in [-0.3, -0.25) is 4.79 Å². The fourth-order valence-corrected chi connectivity index (χ4v) is 2.53. The zero-order chi connectivity index (χ0) is 14.9. The molecule has 0 unspecified atom stereocenters. The van der Waals surface area contributed by atoms with Crippen LogP contribution in [0.2, 0.25) is 10.0 Å². The SMILES string of the molecule is O=C(Cc1ccc(Cl)c(Cl)c1)c1ccc(F)c(F)c1Br. The van der Waals surface area contributed by atoms with Gasteiger partial charge in [-0.1, -0.05) is 29.3 Å². The molecule has 104 valence electrons. The number of rotatable bonds is 3. The van der Waals surface area contributed by atoms with Crippen LogP contribution in [0.4, 0.5) is 8.78 Å². The van der Waals surface area contributed by atoms with E-state index in [4.69, 9.17) is 23.2 Å². The van der Waals surface area contributed by atoms with E-state index in [1.807, 2.05) is 0 Å². The van der Waals surface area contributed by atoms with Crippen molar-refractivity contribution < 1.29 is 13.6 Å². The van der Waals surface area contributed by atoms with Crippen LogP contribution in [0.25, 0.3) is 0 Å². The summed E-state index contributed by atoms with van der Waals surface area (Å²) in [6, 6.07) is 6.95. The third-order valence-electron chi connectivity index (χ3n) is 2.68. The number of hydrogen-bond donors (Lipinski definition) is 0. The van der Waals surface area contributed by atoms with Crippen molar-refractivity contribution in [2.75, 3.05) is 0 Å². The van der Waals surface area contributed by atoms with E-state index in [0.717, 1.165) is 6.07 Å². The Morgan fingerprint density at radius 1 is 1.10 bits per heavy atom. The summed E-state index contributed by atoms with van der Waals surface area (Å²) in [6.45, 7) is 0. The highest BCUT2D eigenvalue weighted by molar-refractivity contribution is 9.10. The zero-order valence-corrected chi connectivity index (χ0v) is 13.0. The molecule has 0 heterocycles. The highest BCUT2D eigenvalue weighted by atomic mass is 79.9. The van der Waals surface area contributed by atoms with Gasteiger partial charge in [0.2, 0.25) is 0 Å². The molecule has 0 amide bonds. The van der Waals surface area contributed by atoms with Gasteiger partial charge >= 0.3 is 0 Å². The van der Waals surface area contributed by atoms with Crippen molar-refractivity contribution in [3.8, 4) is 0 Å². The summed E-state index contributed by atoms with van der Waals surface area (Å²) in [5, 5.41) is 0.721. The Bertz CT molecular complexity index is 689. The van der Waals surface area contributed by atoms with Gasteiger partial charge in [-0.15, -0.1) is 0 Å². The molecular formula is C14H7BrCl2F2O. The van der Waals surface area contributed by atoms with Crippen molar-refractivity contribution in [1.29, 1.82) is 0 Å². The lowest BCUT2D eigenvalue weighted by molar-refractivity contribution is 0.0991. The third kappa shape index (κ3) is 3.19. The van der Waals surface area contributed by atoms with E-state index in [2.05, 4.69) is 15.9 Å². The highest BCUT2D eigenvalue weighted by Gasteiger charge is 2.17. The van der Waals surface area contributed by atoms with Crippen LogP contribution in [0, 0.1) is 11.6 Å². The van der Waals surface area contributed by atoms with Crippen molar-refractivity contribution in [2.24, 2.45) is 0 Å². The van der Waals surface area contributed by atoms with E-state index in [1.54, 1.807) is 18.2 Å². The Balaban J connectivity index is 2.28. The maximum atomic E-state index is 13.4. The highest BCUT2D eigenvalue weighted by Crippen LogP contribution is 2.26. The third-order valence-corrected chi connectivity index (χ3v) is 4.20. The van der Waals surface area contributed by atoms with Crippen LogP contribution in [0.1, 0.15) is 15.9 Å². The molecule has 0 radical (unpaired) electrons. The Hall–Kier alpha value is -0.970. The molecule has 1 nitrogen and oxygen atoms in total. The van der Waals surface area contributed by atoms with Gasteiger partial charge < -0.3 is 0 Å². The molecular weight excluding hydrogens is 373 g/mol. The van der Waals surface area contributed by atoms with Crippen molar-refractivity contribution in [3.05, 3.63) is 67.6 Å². The number of hydrogen-bond acceptors (Lipinski definition) is 1. The summed E-state index contributed by atoms with van der Waals surface area (Å²) in [6.07, 6.45) is 0.0144. The van der Waals surface area contributed by atoms with Crippen LogP contribution in [0.3, 0.4) is 0 Å². The van der Waals surface area contributed by atoms with E-state index in [9.17, 15) is 13.6 Å². The maximum absolute atomic E-state index is 13.4. The number of halogens is 5. The second-order valence-electron chi connectivity index (χ2n) is 4.07. The quantitative estimate of drug-likeness (QED) is 0.511. The Labute approximate surface area is 132 Å². The number of Topliss-reactive ketones (excluding diaryl/α,β-unsaturated/α-hetero) is 1. The predicted octanol–water partition coefficient (Wildman–Crippen LogP) is 5.46. The van der Waals surface area contributed by atoms with E-state index < -0.39 is 11.6 Å². The minimum absolute atomic E-state index is 0.0144. The van der Waals surface area contributed by atoms with Crippen LogP contribution in [-0.2, 0) is 6.42 Å². The normalized spacial score (nSPS) is 10.7. The summed E-state index contributed by atoms with van der Waals surface area (Å²) in [5.74, 6) is -2.44. The number of ketones is 1. The summed E-state index contributed by atoms with van der Waals surface area (Å²) >= 11 is 14.5. The first-order chi connectivity index (χ1) is 9.40. The molecule has 20 heavy (non-hydrogen) atoms. The summed E-state index contributed by atoms with van der Waals surface area (Å²) in [7, 11) is 0. The Kier molecular flexibility index (Phi) is 4.78. The molecule has 0 saturated carbocycles. The van der Waals surface area contributed by atoms with Gasteiger partial charge in [0.15, 0.2) is 17.4 Å². The topological polar surface area (TPSA) is 17.1 Å². The number of carbonyl (C=O) groups is 1. The molecule has 0 saturated heterocycles. The first-order valence-electron chi connectivity index (χ1n) is 5.50.